The molecule has 1 aromatic heterocycles. The zero-order valence-corrected chi connectivity index (χ0v) is 16.5. The maximum absolute atomic E-state index is 12.4. The summed E-state index contributed by atoms with van der Waals surface area (Å²) in [6, 6.07) is 0. The Labute approximate surface area is 153 Å². The van der Waals surface area contributed by atoms with E-state index in [1.54, 1.807) is 6.20 Å². The molecule has 3 heterocycles. The predicted octanol–water partition coefficient (Wildman–Crippen LogP) is 0.326. The topological polar surface area (TPSA) is 101 Å². The van der Waals surface area contributed by atoms with Gasteiger partial charge in [-0.2, -0.15) is 4.98 Å². The van der Waals surface area contributed by atoms with Gasteiger partial charge in [0, 0.05) is 37.8 Å². The Morgan fingerprint density at radius 1 is 1.31 bits per heavy atom. The van der Waals surface area contributed by atoms with Crippen LogP contribution in [-0.4, -0.2) is 54.1 Å². The van der Waals surface area contributed by atoms with Crippen molar-refractivity contribution in [2.24, 2.45) is 5.41 Å². The summed E-state index contributed by atoms with van der Waals surface area (Å²) >= 11 is 0. The van der Waals surface area contributed by atoms with Crippen LogP contribution >= 0.6 is 0 Å². The number of amides is 1. The Bertz CT molecular complexity index is 900. The molecule has 0 saturated carbocycles. The van der Waals surface area contributed by atoms with E-state index in [1.807, 2.05) is 25.3 Å². The number of rotatable bonds is 3. The number of nitrogens with zero attached hydrogens (tertiary/aromatic N) is 3. The van der Waals surface area contributed by atoms with Crippen molar-refractivity contribution < 1.29 is 13.2 Å². The highest BCUT2D eigenvalue weighted by Crippen LogP contribution is 2.41. The third-order valence-corrected chi connectivity index (χ3v) is 6.36. The minimum Gasteiger partial charge on any atom is -0.351 e. The van der Waals surface area contributed by atoms with Crippen molar-refractivity contribution in [3.05, 3.63) is 27.9 Å². The number of hydrogen-bond acceptors (Lipinski definition) is 5. The molecule has 2 aliphatic heterocycles. The van der Waals surface area contributed by atoms with Crippen LogP contribution in [0.4, 0.5) is 0 Å². The summed E-state index contributed by atoms with van der Waals surface area (Å²) in [4.78, 5) is 29.0. The van der Waals surface area contributed by atoms with E-state index in [0.29, 0.717) is 38.4 Å². The molecule has 0 bridgehead atoms. The number of carbonyl (C=O) groups is 1. The molecule has 0 aliphatic carbocycles. The second-order valence-electron chi connectivity index (χ2n) is 8.60. The highest BCUT2D eigenvalue weighted by atomic mass is 32.2. The number of fused-ring (bicyclic) bond motifs is 2. The predicted molar refractivity (Wildman–Crippen MR) is 97.6 cm³/mol. The molecule has 1 aromatic rings. The summed E-state index contributed by atoms with van der Waals surface area (Å²) in [5.41, 5.74) is -1.03. The summed E-state index contributed by atoms with van der Waals surface area (Å²) < 4.78 is 26.9. The first-order valence-electron chi connectivity index (χ1n) is 8.77. The minimum absolute atomic E-state index is 0.0352. The van der Waals surface area contributed by atoms with Crippen LogP contribution in [-0.2, 0) is 22.0 Å². The van der Waals surface area contributed by atoms with Crippen molar-refractivity contribution >= 4 is 15.9 Å². The summed E-state index contributed by atoms with van der Waals surface area (Å²) in [6.45, 7) is 7.85. The number of hydrogen-bond donors (Lipinski definition) is 1. The van der Waals surface area contributed by atoms with Crippen molar-refractivity contribution in [3.8, 4) is 0 Å². The van der Waals surface area contributed by atoms with Crippen LogP contribution in [0.25, 0.3) is 0 Å². The quantitative estimate of drug-likeness (QED) is 0.812. The first kappa shape index (κ1) is 19.0. The van der Waals surface area contributed by atoms with Gasteiger partial charge in [0.05, 0.1) is 6.26 Å². The Morgan fingerprint density at radius 2 is 1.96 bits per heavy atom. The molecule has 1 fully saturated rings. The van der Waals surface area contributed by atoms with Gasteiger partial charge in [-0.05, 0) is 18.3 Å². The molecule has 9 heteroatoms. The van der Waals surface area contributed by atoms with Gasteiger partial charge >= 0.3 is 0 Å². The van der Waals surface area contributed by atoms with Crippen molar-refractivity contribution in [2.45, 2.75) is 45.6 Å². The summed E-state index contributed by atoms with van der Waals surface area (Å²) in [5.74, 6) is 0.180. The molecule has 1 amide bonds. The molecule has 1 saturated heterocycles. The Kier molecular flexibility index (Phi) is 4.51. The highest BCUT2D eigenvalue weighted by Gasteiger charge is 2.48. The van der Waals surface area contributed by atoms with Crippen molar-refractivity contribution in [1.82, 2.24) is 19.2 Å². The van der Waals surface area contributed by atoms with E-state index < -0.39 is 26.9 Å². The fraction of sp³-hybridized carbons (Fsp3) is 0.706. The average molecular weight is 382 g/mol. The molecule has 1 spiro atoms. The average Bonchev–Trinajstić information content (AvgIpc) is 3.09. The minimum atomic E-state index is -3.27. The van der Waals surface area contributed by atoms with E-state index in [1.165, 1.54) is 10.6 Å². The zero-order chi connectivity index (χ0) is 19.3. The highest BCUT2D eigenvalue weighted by molar-refractivity contribution is 7.88. The molecule has 0 unspecified atom stereocenters. The van der Waals surface area contributed by atoms with E-state index in [2.05, 4.69) is 10.3 Å². The molecular formula is C17H26N4O4S. The molecule has 3 rings (SSSR count). The lowest BCUT2D eigenvalue weighted by Gasteiger charge is -2.22. The van der Waals surface area contributed by atoms with E-state index >= 15 is 0 Å². The molecule has 2 aliphatic rings. The Hall–Kier alpha value is -1.74. The van der Waals surface area contributed by atoms with Gasteiger partial charge in [0.2, 0.25) is 10.0 Å². The largest absolute Gasteiger partial charge is 0.351 e. The van der Waals surface area contributed by atoms with E-state index in [-0.39, 0.29) is 11.0 Å². The van der Waals surface area contributed by atoms with Gasteiger partial charge in [-0.15, -0.1) is 0 Å². The molecule has 1 atom stereocenters. The molecule has 0 radical (unpaired) electrons. The summed E-state index contributed by atoms with van der Waals surface area (Å²) in [7, 11) is -3.27. The van der Waals surface area contributed by atoms with E-state index in [4.69, 9.17) is 0 Å². The second-order valence-corrected chi connectivity index (χ2v) is 10.6. The van der Waals surface area contributed by atoms with Crippen LogP contribution in [0, 0.1) is 5.41 Å². The molecule has 0 aromatic carbocycles. The normalized spacial score (nSPS) is 23.4. The maximum Gasteiger partial charge on any atom is 0.285 e. The summed E-state index contributed by atoms with van der Waals surface area (Å²) in [5, 5.41) is 2.78. The van der Waals surface area contributed by atoms with Crippen molar-refractivity contribution in [2.75, 3.05) is 25.9 Å². The van der Waals surface area contributed by atoms with Crippen LogP contribution in [0.15, 0.2) is 11.0 Å². The number of nitrogens with one attached hydrogen (secondary N) is 1. The van der Waals surface area contributed by atoms with Crippen LogP contribution in [0.1, 0.15) is 49.8 Å². The van der Waals surface area contributed by atoms with Crippen LogP contribution in [0.5, 0.6) is 0 Å². The van der Waals surface area contributed by atoms with Crippen molar-refractivity contribution in [1.29, 1.82) is 0 Å². The van der Waals surface area contributed by atoms with Gasteiger partial charge in [0.15, 0.2) is 0 Å². The standard InChI is InChI=1S/C17H26N4O4S/c1-16(2,3)10-18-13(22)12-9-20-7-5-17(15(20)19-14(12)23)6-8-21(11-17)26(4,24)25/h9H,5-8,10-11H2,1-4H3,(H,18,22)/t17-/m1/s1. The van der Waals surface area contributed by atoms with Gasteiger partial charge in [-0.3, -0.25) is 9.59 Å². The van der Waals surface area contributed by atoms with Crippen LogP contribution in [0.2, 0.25) is 0 Å². The zero-order valence-electron chi connectivity index (χ0n) is 15.7. The van der Waals surface area contributed by atoms with Gasteiger partial charge in [-0.25, -0.2) is 12.7 Å². The molecule has 144 valence electrons. The van der Waals surface area contributed by atoms with Gasteiger partial charge in [-0.1, -0.05) is 20.8 Å². The SMILES string of the molecule is CC(C)(C)CNC(=O)c1cn2c(nc1=O)[C@@]1(CCN(S(C)(=O)=O)C1)CC2. The lowest BCUT2D eigenvalue weighted by Crippen LogP contribution is -2.38. The smallest absolute Gasteiger partial charge is 0.285 e. The lowest BCUT2D eigenvalue weighted by molar-refractivity contribution is 0.0936. The number of aryl methyl sites for hydroxylation is 1. The number of sulfonamides is 1. The fourth-order valence-electron chi connectivity index (χ4n) is 3.63. The van der Waals surface area contributed by atoms with E-state index in [9.17, 15) is 18.0 Å². The molecule has 1 N–H and O–H groups in total. The van der Waals surface area contributed by atoms with E-state index in [0.717, 1.165) is 6.42 Å². The third-order valence-electron chi connectivity index (χ3n) is 5.11. The van der Waals surface area contributed by atoms with Gasteiger partial charge in [0.25, 0.3) is 11.5 Å². The molecule has 26 heavy (non-hydrogen) atoms. The van der Waals surface area contributed by atoms with Gasteiger partial charge in [0.1, 0.15) is 11.4 Å². The Morgan fingerprint density at radius 3 is 2.54 bits per heavy atom. The Balaban J connectivity index is 1.87. The number of aromatic nitrogens is 2. The lowest BCUT2D eigenvalue weighted by atomic mass is 9.85. The van der Waals surface area contributed by atoms with Gasteiger partial charge < -0.3 is 9.88 Å². The third kappa shape index (κ3) is 3.55. The number of carbonyl (C=O) groups excluding carboxylic acids is 1. The van der Waals surface area contributed by atoms with Crippen molar-refractivity contribution in [3.63, 3.8) is 0 Å². The molecule has 8 nitrogen and oxygen atoms in total. The monoisotopic (exact) mass is 382 g/mol. The fourth-order valence-corrected chi connectivity index (χ4v) is 4.54. The maximum atomic E-state index is 12.4. The second kappa shape index (κ2) is 6.16. The van der Waals surface area contributed by atoms with Crippen LogP contribution < -0.4 is 10.9 Å². The summed E-state index contributed by atoms with van der Waals surface area (Å²) in [6.07, 6.45) is 4.13. The first-order valence-corrected chi connectivity index (χ1v) is 10.6. The first-order chi connectivity index (χ1) is 11.9. The van der Waals surface area contributed by atoms with Crippen LogP contribution in [0.3, 0.4) is 0 Å². The molecular weight excluding hydrogens is 356 g/mol.